The van der Waals surface area contributed by atoms with Gasteiger partial charge in [-0.3, -0.25) is 0 Å². The number of hydrogen-bond donors (Lipinski definition) is 0. The van der Waals surface area contributed by atoms with Crippen molar-refractivity contribution in [3.8, 4) is 22.3 Å². The fourth-order valence-corrected chi connectivity index (χ4v) is 8.28. The maximum absolute atomic E-state index is 2.50. The van der Waals surface area contributed by atoms with Gasteiger partial charge in [0.05, 0.1) is 0 Å². The van der Waals surface area contributed by atoms with Crippen LogP contribution in [-0.4, -0.2) is 0 Å². The Morgan fingerprint density at radius 3 is 1.35 bits per heavy atom. The molecule has 256 valence electrons. The third kappa shape index (κ3) is 7.19. The van der Waals surface area contributed by atoms with Crippen LogP contribution >= 0.6 is 11.3 Å². The zero-order valence-electron chi connectivity index (χ0n) is 32.9. The van der Waals surface area contributed by atoms with E-state index in [1.165, 1.54) is 83.1 Å². The predicted octanol–water partition coefficient (Wildman–Crippen LogP) is 15.0. The molecule has 0 nitrogen and oxygen atoms in total. The van der Waals surface area contributed by atoms with Crippen LogP contribution in [0.15, 0.2) is 66.7 Å². The lowest BCUT2D eigenvalue weighted by molar-refractivity contribution is 0.462. The van der Waals surface area contributed by atoms with Crippen molar-refractivity contribution in [2.75, 3.05) is 0 Å². The largest absolute Gasteiger partial charge is 0.135 e. The fraction of sp³-hybridized carbons (Fsp3) is 0.489. The highest BCUT2D eigenvalue weighted by atomic mass is 32.1. The first-order valence-electron chi connectivity index (χ1n) is 18.3. The average Bonchev–Trinajstić information content (AvgIpc) is 3.36. The second-order valence-corrected chi connectivity index (χ2v) is 20.3. The summed E-state index contributed by atoms with van der Waals surface area (Å²) in [5.74, 6) is 0. The van der Waals surface area contributed by atoms with E-state index < -0.39 is 0 Å². The van der Waals surface area contributed by atoms with Crippen molar-refractivity contribution in [3.05, 3.63) is 94.5 Å². The molecule has 0 aliphatic carbocycles. The molecule has 5 aromatic rings. The maximum Gasteiger partial charge on any atom is 0.0361 e. The average molecular weight is 659 g/mol. The van der Waals surface area contributed by atoms with Gasteiger partial charge in [0, 0.05) is 20.2 Å². The van der Waals surface area contributed by atoms with Gasteiger partial charge < -0.3 is 0 Å². The molecule has 0 radical (unpaired) electrons. The van der Waals surface area contributed by atoms with E-state index in [0.29, 0.717) is 0 Å². The van der Waals surface area contributed by atoms with E-state index in [0.717, 1.165) is 6.42 Å². The molecule has 0 bridgehead atoms. The summed E-state index contributed by atoms with van der Waals surface area (Å²) in [5.41, 5.74) is 12.8. The summed E-state index contributed by atoms with van der Waals surface area (Å²) in [6.07, 6.45) is 3.58. The third-order valence-corrected chi connectivity index (χ3v) is 11.6. The minimum absolute atomic E-state index is 0.00453. The van der Waals surface area contributed by atoms with E-state index in [-0.39, 0.29) is 27.1 Å². The van der Waals surface area contributed by atoms with Gasteiger partial charge in [-0.2, -0.15) is 0 Å². The number of unbranched alkanes of at least 4 members (excludes halogenated alkanes) is 1. The lowest BCUT2D eigenvalue weighted by atomic mass is 9.73. The molecular formula is C47H62S. The van der Waals surface area contributed by atoms with Gasteiger partial charge >= 0.3 is 0 Å². The van der Waals surface area contributed by atoms with Gasteiger partial charge in [-0.25, -0.2) is 0 Å². The Bertz CT molecular complexity index is 1880. The molecule has 1 heteroatoms. The highest BCUT2D eigenvalue weighted by Gasteiger charge is 2.31. The summed E-state index contributed by atoms with van der Waals surface area (Å²) >= 11 is 1.96. The van der Waals surface area contributed by atoms with E-state index in [4.69, 9.17) is 0 Å². The first kappa shape index (κ1) is 36.4. The summed E-state index contributed by atoms with van der Waals surface area (Å²) in [7, 11) is 0. The summed E-state index contributed by atoms with van der Waals surface area (Å²) in [4.78, 5) is 0. The summed E-state index contributed by atoms with van der Waals surface area (Å²) < 4.78 is 2.77. The van der Waals surface area contributed by atoms with E-state index in [2.05, 4.69) is 171 Å². The Morgan fingerprint density at radius 2 is 0.917 bits per heavy atom. The molecule has 48 heavy (non-hydrogen) atoms. The van der Waals surface area contributed by atoms with E-state index in [1.807, 2.05) is 11.3 Å². The van der Waals surface area contributed by atoms with Crippen molar-refractivity contribution in [1.82, 2.24) is 0 Å². The van der Waals surface area contributed by atoms with Crippen molar-refractivity contribution in [2.24, 2.45) is 0 Å². The minimum Gasteiger partial charge on any atom is -0.135 e. The lowest BCUT2D eigenvalue weighted by Crippen LogP contribution is -2.20. The summed E-state index contributed by atoms with van der Waals surface area (Å²) in [5, 5.41) is 2.88. The Labute approximate surface area is 297 Å². The molecule has 0 saturated carbocycles. The van der Waals surface area contributed by atoms with Gasteiger partial charge in [0.15, 0.2) is 0 Å². The van der Waals surface area contributed by atoms with Crippen LogP contribution in [0, 0.1) is 0 Å². The molecule has 0 fully saturated rings. The van der Waals surface area contributed by atoms with E-state index in [1.54, 1.807) is 0 Å². The van der Waals surface area contributed by atoms with Crippen LogP contribution in [0.25, 0.3) is 42.4 Å². The second-order valence-electron chi connectivity index (χ2n) is 19.2. The van der Waals surface area contributed by atoms with Crippen LogP contribution in [0.1, 0.15) is 151 Å². The van der Waals surface area contributed by atoms with Gasteiger partial charge in [-0.1, -0.05) is 171 Å². The maximum atomic E-state index is 2.50. The van der Waals surface area contributed by atoms with Gasteiger partial charge in [0.25, 0.3) is 0 Å². The molecule has 0 N–H and O–H groups in total. The molecule has 0 aliphatic rings. The van der Waals surface area contributed by atoms with Crippen molar-refractivity contribution < 1.29 is 0 Å². The van der Waals surface area contributed by atoms with E-state index >= 15 is 0 Å². The Morgan fingerprint density at radius 1 is 0.479 bits per heavy atom. The monoisotopic (exact) mass is 658 g/mol. The first-order valence-corrected chi connectivity index (χ1v) is 19.2. The highest BCUT2D eigenvalue weighted by molar-refractivity contribution is 7.26. The minimum atomic E-state index is -0.00453. The second kappa shape index (κ2) is 12.5. The molecule has 0 atom stereocenters. The Balaban J connectivity index is 1.95. The molecular weight excluding hydrogens is 597 g/mol. The quantitative estimate of drug-likeness (QED) is 0.170. The van der Waals surface area contributed by atoms with Crippen LogP contribution in [0.4, 0.5) is 0 Å². The Kier molecular flexibility index (Phi) is 9.44. The van der Waals surface area contributed by atoms with Crippen LogP contribution in [0.3, 0.4) is 0 Å². The lowest BCUT2D eigenvalue weighted by Gasteiger charge is -2.31. The van der Waals surface area contributed by atoms with Gasteiger partial charge in [-0.15, -0.1) is 11.3 Å². The smallest absolute Gasteiger partial charge is 0.0361 e. The predicted molar refractivity (Wildman–Crippen MR) is 218 cm³/mol. The first-order chi connectivity index (χ1) is 22.0. The van der Waals surface area contributed by atoms with Crippen LogP contribution in [-0.2, 0) is 27.1 Å². The topological polar surface area (TPSA) is 0 Å². The highest BCUT2D eigenvalue weighted by Crippen LogP contribution is 2.50. The van der Waals surface area contributed by atoms with Crippen molar-refractivity contribution in [1.29, 1.82) is 0 Å². The zero-order valence-corrected chi connectivity index (χ0v) is 33.7. The Hall–Kier alpha value is -2.90. The van der Waals surface area contributed by atoms with Crippen LogP contribution in [0.5, 0.6) is 0 Å². The van der Waals surface area contributed by atoms with Crippen molar-refractivity contribution >= 4 is 31.5 Å². The molecule has 0 spiro atoms. The zero-order chi connectivity index (χ0) is 35.6. The number of thiophene rings is 1. The van der Waals surface area contributed by atoms with Crippen molar-refractivity contribution in [2.45, 2.75) is 150 Å². The van der Waals surface area contributed by atoms with Crippen LogP contribution in [0.2, 0.25) is 0 Å². The number of benzene rings is 4. The molecule has 5 rings (SSSR count). The summed E-state index contributed by atoms with van der Waals surface area (Å²) in [6.45, 7) is 35.5. The molecule has 4 aromatic carbocycles. The molecule has 0 aliphatic heterocycles. The van der Waals surface area contributed by atoms with E-state index in [9.17, 15) is 0 Å². The SMILES string of the molecule is CCCCC(C)(C)c1c(-c2cc(C(C)(C)C)cc(C(C)(C)C)c2)ccc2sc3cccc(-c4cc(C(C)(C)C)cc(C(C)(C)C)c4)c3c12. The number of fused-ring (bicyclic) bond motifs is 3. The molecule has 0 saturated heterocycles. The number of rotatable bonds is 6. The standard InChI is InChI=1S/C47H62S/c1-16-17-23-47(14,15)42-37(31-26-34(45(8,9)10)29-35(27-31)46(11,12)13)21-22-39-41(42)40-36(19-18-20-38(40)48-39)30-24-32(43(2,3)4)28-33(25-30)44(5,6)7/h18-22,24-29H,16-17,23H2,1-15H3. The number of hydrogen-bond acceptors (Lipinski definition) is 1. The normalized spacial score (nSPS) is 13.6. The van der Waals surface area contributed by atoms with Gasteiger partial charge in [-0.05, 0) is 95.7 Å². The van der Waals surface area contributed by atoms with Gasteiger partial charge in [0.2, 0.25) is 0 Å². The molecule has 1 heterocycles. The fourth-order valence-electron chi connectivity index (χ4n) is 7.14. The van der Waals surface area contributed by atoms with Crippen molar-refractivity contribution in [3.63, 3.8) is 0 Å². The summed E-state index contributed by atoms with van der Waals surface area (Å²) in [6, 6.07) is 26.7. The molecule has 1 aromatic heterocycles. The van der Waals surface area contributed by atoms with Crippen LogP contribution < -0.4 is 0 Å². The third-order valence-electron chi connectivity index (χ3n) is 10.4. The molecule has 0 amide bonds. The van der Waals surface area contributed by atoms with Gasteiger partial charge in [0.1, 0.15) is 0 Å². The molecule has 0 unspecified atom stereocenters.